The summed E-state index contributed by atoms with van der Waals surface area (Å²) in [4.78, 5) is 8.09. The molecule has 1 aromatic heterocycles. The van der Waals surface area contributed by atoms with E-state index in [2.05, 4.69) is 53.2 Å². The lowest BCUT2D eigenvalue weighted by molar-refractivity contribution is 0.267. The van der Waals surface area contributed by atoms with E-state index >= 15 is 0 Å². The van der Waals surface area contributed by atoms with Crippen molar-refractivity contribution in [1.82, 2.24) is 9.88 Å². The molecule has 1 aliphatic rings. The van der Waals surface area contributed by atoms with Gasteiger partial charge in [0.1, 0.15) is 0 Å². The Morgan fingerprint density at radius 1 is 1.20 bits per heavy atom. The monoisotopic (exact) mass is 284 g/mol. The molecule has 0 saturated carbocycles. The first-order valence-electron chi connectivity index (χ1n) is 7.20. The van der Waals surface area contributed by atoms with Crippen LogP contribution in [0.15, 0.2) is 53.7 Å². The molecule has 0 bridgehead atoms. The molecule has 0 spiro atoms. The number of aromatic nitrogens is 1. The van der Waals surface area contributed by atoms with Gasteiger partial charge in [-0.05, 0) is 35.9 Å². The van der Waals surface area contributed by atoms with Crippen LogP contribution in [-0.4, -0.2) is 28.7 Å². The Labute approximate surface area is 125 Å². The maximum atomic E-state index is 4.09. The second-order valence-electron chi connectivity index (χ2n) is 5.23. The van der Waals surface area contributed by atoms with Gasteiger partial charge >= 0.3 is 0 Å². The van der Waals surface area contributed by atoms with Crippen LogP contribution in [0.1, 0.15) is 24.0 Å². The summed E-state index contributed by atoms with van der Waals surface area (Å²) in [5, 5.41) is 0. The van der Waals surface area contributed by atoms with E-state index in [0.29, 0.717) is 5.92 Å². The van der Waals surface area contributed by atoms with Gasteiger partial charge in [-0.15, -0.1) is 11.8 Å². The minimum atomic E-state index is 0.665. The number of benzene rings is 1. The summed E-state index contributed by atoms with van der Waals surface area (Å²) < 4.78 is 0. The average molecular weight is 284 g/mol. The quantitative estimate of drug-likeness (QED) is 0.831. The topological polar surface area (TPSA) is 16.1 Å². The highest BCUT2D eigenvalue weighted by atomic mass is 32.2. The third-order valence-corrected chi connectivity index (χ3v) is 5.13. The zero-order valence-electron chi connectivity index (χ0n) is 11.8. The van der Waals surface area contributed by atoms with Crippen LogP contribution in [0.25, 0.3) is 0 Å². The summed E-state index contributed by atoms with van der Waals surface area (Å²) in [6, 6.07) is 13.1. The van der Waals surface area contributed by atoms with Crippen molar-refractivity contribution >= 4 is 11.8 Å². The third kappa shape index (κ3) is 3.05. The molecule has 1 aromatic carbocycles. The van der Waals surface area contributed by atoms with E-state index in [0.717, 1.165) is 19.6 Å². The lowest BCUT2D eigenvalue weighted by Crippen LogP contribution is -2.28. The molecule has 2 nitrogen and oxygen atoms in total. The normalized spacial score (nSPS) is 17.4. The van der Waals surface area contributed by atoms with E-state index in [1.54, 1.807) is 0 Å². The van der Waals surface area contributed by atoms with Crippen LogP contribution < -0.4 is 0 Å². The predicted octanol–water partition coefficient (Wildman–Crippen LogP) is 3.79. The molecule has 0 saturated heterocycles. The summed E-state index contributed by atoms with van der Waals surface area (Å²) in [5.41, 5.74) is 2.88. The second-order valence-corrected chi connectivity index (χ2v) is 6.29. The maximum Gasteiger partial charge on any atom is 0.0271 e. The first-order chi connectivity index (χ1) is 9.86. The largest absolute Gasteiger partial charge is 0.299 e. The predicted molar refractivity (Wildman–Crippen MR) is 85.1 cm³/mol. The Morgan fingerprint density at radius 3 is 2.80 bits per heavy atom. The Hall–Kier alpha value is -1.32. The zero-order valence-corrected chi connectivity index (χ0v) is 12.6. The number of pyridine rings is 1. The standard InChI is InChI=1S/C17H20N2S/c1-2-19(11-14-7-9-18-10-8-14)12-15-13-20-17-6-4-3-5-16(15)17/h3-10,15H,2,11-13H2,1H3. The molecule has 0 N–H and O–H groups in total. The van der Waals surface area contributed by atoms with Crippen molar-refractivity contribution in [3.05, 3.63) is 59.9 Å². The number of fused-ring (bicyclic) bond motifs is 1. The highest BCUT2D eigenvalue weighted by Crippen LogP contribution is 2.39. The van der Waals surface area contributed by atoms with Gasteiger partial charge in [0.05, 0.1) is 0 Å². The molecule has 0 aliphatic carbocycles. The van der Waals surface area contributed by atoms with Crippen LogP contribution in [0, 0.1) is 0 Å². The van der Waals surface area contributed by atoms with Crippen molar-refractivity contribution in [3.63, 3.8) is 0 Å². The van der Waals surface area contributed by atoms with Gasteiger partial charge in [-0.3, -0.25) is 9.88 Å². The summed E-state index contributed by atoms with van der Waals surface area (Å²) in [6.07, 6.45) is 3.76. The fourth-order valence-corrected chi connectivity index (χ4v) is 3.99. The molecule has 104 valence electrons. The Bertz CT molecular complexity index is 556. The first kappa shape index (κ1) is 13.7. The van der Waals surface area contributed by atoms with Gasteiger partial charge in [-0.1, -0.05) is 25.1 Å². The minimum absolute atomic E-state index is 0.665. The highest BCUT2D eigenvalue weighted by molar-refractivity contribution is 7.99. The van der Waals surface area contributed by atoms with E-state index in [9.17, 15) is 0 Å². The summed E-state index contributed by atoms with van der Waals surface area (Å²) in [5.74, 6) is 1.88. The lowest BCUT2D eigenvalue weighted by atomic mass is 10.0. The molecule has 2 heterocycles. The van der Waals surface area contributed by atoms with Crippen LogP contribution in [0.4, 0.5) is 0 Å². The number of hydrogen-bond acceptors (Lipinski definition) is 3. The third-order valence-electron chi connectivity index (χ3n) is 3.88. The van der Waals surface area contributed by atoms with E-state index in [4.69, 9.17) is 0 Å². The fourth-order valence-electron chi connectivity index (χ4n) is 2.74. The van der Waals surface area contributed by atoms with Crippen LogP contribution in [0.3, 0.4) is 0 Å². The number of hydrogen-bond donors (Lipinski definition) is 0. The van der Waals surface area contributed by atoms with Crippen molar-refractivity contribution < 1.29 is 0 Å². The summed E-state index contributed by atoms with van der Waals surface area (Å²) >= 11 is 2.00. The first-order valence-corrected chi connectivity index (χ1v) is 8.18. The van der Waals surface area contributed by atoms with Gasteiger partial charge in [-0.25, -0.2) is 0 Å². The molecule has 0 amide bonds. The van der Waals surface area contributed by atoms with Gasteiger partial charge in [0.15, 0.2) is 0 Å². The van der Waals surface area contributed by atoms with E-state index in [-0.39, 0.29) is 0 Å². The Balaban J connectivity index is 1.67. The summed E-state index contributed by atoms with van der Waals surface area (Å²) in [7, 11) is 0. The molecule has 1 atom stereocenters. The number of thioether (sulfide) groups is 1. The van der Waals surface area contributed by atoms with Crippen molar-refractivity contribution in [1.29, 1.82) is 0 Å². The molecule has 2 aromatic rings. The van der Waals surface area contributed by atoms with Crippen LogP contribution >= 0.6 is 11.8 Å². The minimum Gasteiger partial charge on any atom is -0.299 e. The Morgan fingerprint density at radius 2 is 2.00 bits per heavy atom. The molecule has 20 heavy (non-hydrogen) atoms. The molecule has 1 aliphatic heterocycles. The van der Waals surface area contributed by atoms with Crippen LogP contribution in [0.2, 0.25) is 0 Å². The highest BCUT2D eigenvalue weighted by Gasteiger charge is 2.24. The second kappa shape index (κ2) is 6.42. The van der Waals surface area contributed by atoms with Crippen molar-refractivity contribution in [3.8, 4) is 0 Å². The molecule has 0 radical (unpaired) electrons. The SMILES string of the molecule is CCN(Cc1ccncc1)CC1CSc2ccccc21. The van der Waals surface area contributed by atoms with Crippen molar-refractivity contribution in [2.75, 3.05) is 18.8 Å². The molecule has 0 fully saturated rings. The molecular weight excluding hydrogens is 264 g/mol. The van der Waals surface area contributed by atoms with Crippen LogP contribution in [0.5, 0.6) is 0 Å². The van der Waals surface area contributed by atoms with Gasteiger partial charge in [0.2, 0.25) is 0 Å². The smallest absolute Gasteiger partial charge is 0.0271 e. The fraction of sp³-hybridized carbons (Fsp3) is 0.353. The van der Waals surface area contributed by atoms with Gasteiger partial charge < -0.3 is 0 Å². The van der Waals surface area contributed by atoms with E-state index < -0.39 is 0 Å². The number of rotatable bonds is 5. The molecular formula is C17H20N2S. The molecule has 3 heteroatoms. The number of likely N-dealkylation sites (N-methyl/N-ethyl adjacent to an activating group) is 1. The average Bonchev–Trinajstić information content (AvgIpc) is 2.91. The number of nitrogens with zero attached hydrogens (tertiary/aromatic N) is 2. The maximum absolute atomic E-state index is 4.09. The van der Waals surface area contributed by atoms with Crippen molar-refractivity contribution in [2.24, 2.45) is 0 Å². The lowest BCUT2D eigenvalue weighted by Gasteiger charge is -2.24. The van der Waals surface area contributed by atoms with Gasteiger partial charge in [0.25, 0.3) is 0 Å². The van der Waals surface area contributed by atoms with E-state index in [1.807, 2.05) is 24.2 Å². The Kier molecular flexibility index (Phi) is 4.38. The van der Waals surface area contributed by atoms with Crippen molar-refractivity contribution in [2.45, 2.75) is 24.3 Å². The molecule has 1 unspecified atom stereocenters. The van der Waals surface area contributed by atoms with Gasteiger partial charge in [-0.2, -0.15) is 0 Å². The zero-order chi connectivity index (χ0) is 13.8. The summed E-state index contributed by atoms with van der Waals surface area (Å²) in [6.45, 7) is 5.49. The molecule has 3 rings (SSSR count). The van der Waals surface area contributed by atoms with E-state index in [1.165, 1.54) is 21.8 Å². The van der Waals surface area contributed by atoms with Crippen LogP contribution in [-0.2, 0) is 6.54 Å². The van der Waals surface area contributed by atoms with Gasteiger partial charge in [0, 0.05) is 42.0 Å².